The number of para-hydroxylation sites is 1. The van der Waals surface area contributed by atoms with Crippen LogP contribution in [0.1, 0.15) is 5.56 Å². The minimum absolute atomic E-state index is 0.0590. The van der Waals surface area contributed by atoms with Gasteiger partial charge in [0.1, 0.15) is 0 Å². The van der Waals surface area contributed by atoms with Crippen molar-refractivity contribution in [2.75, 3.05) is 7.11 Å². The Bertz CT molecular complexity index is 627. The SMILES string of the molecule is COc1cccc(C=Nc2ccc(F)c(F)c2)c1O. The molecule has 2 rings (SSSR count). The van der Waals surface area contributed by atoms with E-state index >= 15 is 0 Å². The number of methoxy groups -OCH3 is 1. The van der Waals surface area contributed by atoms with Gasteiger partial charge in [-0.1, -0.05) is 6.07 Å². The van der Waals surface area contributed by atoms with Crippen molar-refractivity contribution < 1.29 is 18.6 Å². The van der Waals surface area contributed by atoms with Gasteiger partial charge < -0.3 is 9.84 Å². The lowest BCUT2D eigenvalue weighted by Crippen LogP contribution is -1.88. The van der Waals surface area contributed by atoms with Crippen LogP contribution in [0.3, 0.4) is 0 Å². The first kappa shape index (κ1) is 13.0. The summed E-state index contributed by atoms with van der Waals surface area (Å²) >= 11 is 0. The molecule has 0 aliphatic rings. The van der Waals surface area contributed by atoms with Crippen LogP contribution in [0.5, 0.6) is 11.5 Å². The van der Waals surface area contributed by atoms with E-state index in [2.05, 4.69) is 4.99 Å². The van der Waals surface area contributed by atoms with Crippen LogP contribution in [0.2, 0.25) is 0 Å². The van der Waals surface area contributed by atoms with Crippen LogP contribution < -0.4 is 4.74 Å². The molecule has 0 saturated carbocycles. The lowest BCUT2D eigenvalue weighted by Gasteiger charge is -2.04. The number of nitrogens with zero attached hydrogens (tertiary/aromatic N) is 1. The van der Waals surface area contributed by atoms with E-state index in [-0.39, 0.29) is 11.4 Å². The maximum atomic E-state index is 13.0. The van der Waals surface area contributed by atoms with Gasteiger partial charge in [0.25, 0.3) is 0 Å². The lowest BCUT2D eigenvalue weighted by molar-refractivity contribution is 0.373. The van der Waals surface area contributed by atoms with Crippen molar-refractivity contribution in [2.45, 2.75) is 0 Å². The monoisotopic (exact) mass is 263 g/mol. The van der Waals surface area contributed by atoms with E-state index in [1.807, 2.05) is 0 Å². The number of phenolic OH excluding ortho intramolecular Hbond substituents is 1. The summed E-state index contributed by atoms with van der Waals surface area (Å²) in [5.41, 5.74) is 0.671. The number of ether oxygens (including phenoxy) is 1. The number of aliphatic imine (C=N–C) groups is 1. The zero-order chi connectivity index (χ0) is 13.8. The zero-order valence-electron chi connectivity index (χ0n) is 10.1. The third-order valence-corrected chi connectivity index (χ3v) is 2.51. The average Bonchev–Trinajstić information content (AvgIpc) is 2.41. The number of aromatic hydroxyl groups is 1. The van der Waals surface area contributed by atoms with Crippen molar-refractivity contribution >= 4 is 11.9 Å². The molecule has 19 heavy (non-hydrogen) atoms. The predicted molar refractivity (Wildman–Crippen MR) is 68.3 cm³/mol. The van der Waals surface area contributed by atoms with Gasteiger partial charge in [-0.15, -0.1) is 0 Å². The molecule has 0 atom stereocenters. The molecule has 0 aromatic heterocycles. The summed E-state index contributed by atoms with van der Waals surface area (Å²) in [6.45, 7) is 0. The van der Waals surface area contributed by atoms with Crippen LogP contribution in [0.4, 0.5) is 14.5 Å². The molecular weight excluding hydrogens is 252 g/mol. The van der Waals surface area contributed by atoms with Crippen LogP contribution in [0.25, 0.3) is 0 Å². The summed E-state index contributed by atoms with van der Waals surface area (Å²) in [6, 6.07) is 8.22. The summed E-state index contributed by atoms with van der Waals surface area (Å²) in [6.07, 6.45) is 1.35. The Morgan fingerprint density at radius 1 is 1.16 bits per heavy atom. The molecule has 0 amide bonds. The van der Waals surface area contributed by atoms with Gasteiger partial charge in [0.15, 0.2) is 23.1 Å². The molecule has 5 heteroatoms. The molecule has 2 aromatic carbocycles. The minimum atomic E-state index is -0.968. The second kappa shape index (κ2) is 5.48. The molecule has 98 valence electrons. The van der Waals surface area contributed by atoms with Crippen molar-refractivity contribution in [3.63, 3.8) is 0 Å². The fraction of sp³-hybridized carbons (Fsp3) is 0.0714. The standard InChI is InChI=1S/C14H11F2NO2/c1-19-13-4-2-3-9(14(13)18)8-17-10-5-6-11(15)12(16)7-10/h2-8,18H,1H3. The summed E-state index contributed by atoms with van der Waals surface area (Å²) in [5, 5.41) is 9.82. The maximum absolute atomic E-state index is 13.0. The van der Waals surface area contributed by atoms with Crippen molar-refractivity contribution in [1.29, 1.82) is 0 Å². The molecule has 2 aromatic rings. The molecule has 0 bridgehead atoms. The number of halogens is 2. The van der Waals surface area contributed by atoms with E-state index in [1.54, 1.807) is 18.2 Å². The van der Waals surface area contributed by atoms with Crippen LogP contribution in [-0.2, 0) is 0 Å². The van der Waals surface area contributed by atoms with Crippen LogP contribution in [-0.4, -0.2) is 18.4 Å². The van der Waals surface area contributed by atoms with Gasteiger partial charge in [0.05, 0.1) is 12.8 Å². The number of benzene rings is 2. The number of hydrogen-bond donors (Lipinski definition) is 1. The fourth-order valence-electron chi connectivity index (χ4n) is 1.52. The van der Waals surface area contributed by atoms with Crippen molar-refractivity contribution in [2.24, 2.45) is 4.99 Å². The van der Waals surface area contributed by atoms with Gasteiger partial charge in [0, 0.05) is 17.8 Å². The summed E-state index contributed by atoms with van der Waals surface area (Å²) in [4.78, 5) is 3.97. The summed E-state index contributed by atoms with van der Waals surface area (Å²) in [7, 11) is 1.44. The largest absolute Gasteiger partial charge is 0.504 e. The molecule has 0 unspecified atom stereocenters. The maximum Gasteiger partial charge on any atom is 0.166 e. The first-order chi connectivity index (χ1) is 9.11. The van der Waals surface area contributed by atoms with Gasteiger partial charge in [0.2, 0.25) is 0 Å². The van der Waals surface area contributed by atoms with E-state index < -0.39 is 11.6 Å². The fourth-order valence-corrected chi connectivity index (χ4v) is 1.52. The van der Waals surface area contributed by atoms with E-state index in [0.29, 0.717) is 11.3 Å². The third kappa shape index (κ3) is 2.88. The van der Waals surface area contributed by atoms with Crippen molar-refractivity contribution in [3.05, 3.63) is 53.6 Å². The predicted octanol–water partition coefficient (Wildman–Crippen LogP) is 3.43. The summed E-state index contributed by atoms with van der Waals surface area (Å²) < 4.78 is 30.7. The molecule has 0 heterocycles. The number of hydrogen-bond acceptors (Lipinski definition) is 3. The lowest BCUT2D eigenvalue weighted by atomic mass is 10.2. The number of rotatable bonds is 3. The average molecular weight is 263 g/mol. The van der Waals surface area contributed by atoms with Gasteiger partial charge in [-0.3, -0.25) is 4.99 Å². The highest BCUT2D eigenvalue weighted by Crippen LogP contribution is 2.28. The van der Waals surface area contributed by atoms with Crippen molar-refractivity contribution in [1.82, 2.24) is 0 Å². The highest BCUT2D eigenvalue weighted by molar-refractivity contribution is 5.86. The van der Waals surface area contributed by atoms with Gasteiger partial charge in [-0.25, -0.2) is 8.78 Å². The van der Waals surface area contributed by atoms with Gasteiger partial charge in [-0.05, 0) is 24.3 Å². The second-order valence-electron chi connectivity index (χ2n) is 3.75. The van der Waals surface area contributed by atoms with Crippen LogP contribution >= 0.6 is 0 Å². The number of phenols is 1. The first-order valence-electron chi connectivity index (χ1n) is 5.47. The second-order valence-corrected chi connectivity index (χ2v) is 3.75. The van der Waals surface area contributed by atoms with Crippen LogP contribution in [0.15, 0.2) is 41.4 Å². The third-order valence-electron chi connectivity index (χ3n) is 2.51. The van der Waals surface area contributed by atoms with Gasteiger partial charge in [-0.2, -0.15) is 0 Å². The molecule has 3 nitrogen and oxygen atoms in total. The van der Waals surface area contributed by atoms with Gasteiger partial charge >= 0.3 is 0 Å². The Morgan fingerprint density at radius 2 is 1.95 bits per heavy atom. The first-order valence-corrected chi connectivity index (χ1v) is 5.47. The molecule has 0 radical (unpaired) electrons. The Morgan fingerprint density at radius 3 is 2.63 bits per heavy atom. The molecular formula is C14H11F2NO2. The summed E-state index contributed by atoms with van der Waals surface area (Å²) in [5.74, 6) is -1.64. The molecule has 0 aliphatic heterocycles. The smallest absolute Gasteiger partial charge is 0.166 e. The van der Waals surface area contributed by atoms with E-state index in [1.165, 1.54) is 19.4 Å². The van der Waals surface area contributed by atoms with Crippen molar-refractivity contribution in [3.8, 4) is 11.5 Å². The Kier molecular flexibility index (Phi) is 3.75. The van der Waals surface area contributed by atoms with E-state index in [0.717, 1.165) is 12.1 Å². The molecule has 0 saturated heterocycles. The normalized spacial score (nSPS) is 10.9. The Balaban J connectivity index is 2.30. The zero-order valence-corrected chi connectivity index (χ0v) is 10.1. The molecule has 0 aliphatic carbocycles. The minimum Gasteiger partial charge on any atom is -0.504 e. The molecule has 1 N–H and O–H groups in total. The highest BCUT2D eigenvalue weighted by Gasteiger charge is 2.05. The Labute approximate surface area is 108 Å². The van der Waals surface area contributed by atoms with Crippen LogP contribution in [0, 0.1) is 11.6 Å². The molecule has 0 fully saturated rings. The quantitative estimate of drug-likeness (QED) is 0.862. The highest BCUT2D eigenvalue weighted by atomic mass is 19.2. The van der Waals surface area contributed by atoms with E-state index in [4.69, 9.17) is 4.74 Å². The topological polar surface area (TPSA) is 41.8 Å². The van der Waals surface area contributed by atoms with E-state index in [9.17, 15) is 13.9 Å². The molecule has 0 spiro atoms. The Hall–Kier alpha value is -2.43.